The van der Waals surface area contributed by atoms with E-state index in [0.717, 1.165) is 27.2 Å². The summed E-state index contributed by atoms with van der Waals surface area (Å²) in [5, 5.41) is 9.94. The molecule has 0 unspecified atom stereocenters. The van der Waals surface area contributed by atoms with Gasteiger partial charge in [0.25, 0.3) is 0 Å². The number of halogens is 1. The van der Waals surface area contributed by atoms with Gasteiger partial charge in [0.15, 0.2) is 5.16 Å². The highest BCUT2D eigenvalue weighted by Crippen LogP contribution is 2.27. The molecular formula is C17H16ClN3S. The van der Waals surface area contributed by atoms with Crippen LogP contribution in [0.4, 0.5) is 0 Å². The third kappa shape index (κ3) is 3.18. The lowest BCUT2D eigenvalue weighted by Crippen LogP contribution is -1.98. The van der Waals surface area contributed by atoms with Gasteiger partial charge in [-0.25, -0.2) is 0 Å². The van der Waals surface area contributed by atoms with Crippen molar-refractivity contribution in [2.45, 2.75) is 24.8 Å². The molecule has 22 heavy (non-hydrogen) atoms. The summed E-state index contributed by atoms with van der Waals surface area (Å²) >= 11 is 7.84. The predicted molar refractivity (Wildman–Crippen MR) is 91.8 cm³/mol. The summed E-state index contributed by atoms with van der Waals surface area (Å²) < 4.78 is 2.02. The Labute approximate surface area is 139 Å². The van der Waals surface area contributed by atoms with Gasteiger partial charge in [0, 0.05) is 10.8 Å². The molecule has 0 atom stereocenters. The van der Waals surface area contributed by atoms with E-state index in [1.807, 2.05) is 28.8 Å². The minimum Gasteiger partial charge on any atom is -0.276 e. The van der Waals surface area contributed by atoms with Crippen LogP contribution in [0, 0.1) is 13.8 Å². The van der Waals surface area contributed by atoms with Crippen LogP contribution in [0.25, 0.3) is 5.69 Å². The van der Waals surface area contributed by atoms with Crippen LogP contribution in [0.3, 0.4) is 0 Å². The number of nitrogens with zero attached hydrogens (tertiary/aromatic N) is 3. The van der Waals surface area contributed by atoms with Crippen molar-refractivity contribution >= 4 is 23.4 Å². The molecule has 0 radical (unpaired) electrons. The van der Waals surface area contributed by atoms with Crippen LogP contribution in [-0.4, -0.2) is 14.8 Å². The van der Waals surface area contributed by atoms with E-state index in [0.29, 0.717) is 0 Å². The Hall–Kier alpha value is -1.78. The lowest BCUT2D eigenvalue weighted by molar-refractivity contribution is 0.877. The summed E-state index contributed by atoms with van der Waals surface area (Å²) in [6, 6.07) is 14.3. The fraction of sp³-hybridized carbons (Fsp3) is 0.176. The summed E-state index contributed by atoms with van der Waals surface area (Å²) in [7, 11) is 0. The molecule has 0 saturated heterocycles. The molecule has 0 N–H and O–H groups in total. The molecule has 0 aliphatic carbocycles. The predicted octanol–water partition coefficient (Wildman–Crippen LogP) is 4.83. The second kappa shape index (κ2) is 6.55. The summed E-state index contributed by atoms with van der Waals surface area (Å²) in [5.41, 5.74) is 4.67. The first-order chi connectivity index (χ1) is 10.6. The summed E-state index contributed by atoms with van der Waals surface area (Å²) in [4.78, 5) is 0. The zero-order chi connectivity index (χ0) is 15.5. The maximum Gasteiger partial charge on any atom is 0.195 e. The van der Waals surface area contributed by atoms with Crippen LogP contribution in [0.2, 0.25) is 5.02 Å². The Kier molecular flexibility index (Phi) is 4.50. The molecule has 0 bridgehead atoms. The van der Waals surface area contributed by atoms with Crippen LogP contribution >= 0.6 is 23.4 Å². The molecule has 3 nitrogen and oxygen atoms in total. The van der Waals surface area contributed by atoms with Gasteiger partial charge < -0.3 is 0 Å². The Morgan fingerprint density at radius 1 is 1.14 bits per heavy atom. The van der Waals surface area contributed by atoms with Gasteiger partial charge >= 0.3 is 0 Å². The van der Waals surface area contributed by atoms with Gasteiger partial charge in [-0.05, 0) is 37.1 Å². The second-order valence-corrected chi connectivity index (χ2v) is 6.50. The number of aromatic nitrogens is 3. The van der Waals surface area contributed by atoms with Gasteiger partial charge in [-0.15, -0.1) is 10.2 Å². The molecule has 0 aliphatic rings. The molecule has 112 valence electrons. The zero-order valence-electron chi connectivity index (χ0n) is 12.5. The van der Waals surface area contributed by atoms with E-state index in [-0.39, 0.29) is 0 Å². The average Bonchev–Trinajstić information content (AvgIpc) is 2.95. The van der Waals surface area contributed by atoms with E-state index in [1.165, 1.54) is 11.1 Å². The Morgan fingerprint density at radius 3 is 2.73 bits per heavy atom. The van der Waals surface area contributed by atoms with Gasteiger partial charge in [-0.2, -0.15) is 0 Å². The van der Waals surface area contributed by atoms with Gasteiger partial charge in [-0.3, -0.25) is 4.57 Å². The summed E-state index contributed by atoms with van der Waals surface area (Å²) in [6.45, 7) is 4.20. The Morgan fingerprint density at radius 2 is 1.95 bits per heavy atom. The van der Waals surface area contributed by atoms with E-state index < -0.39 is 0 Å². The van der Waals surface area contributed by atoms with Gasteiger partial charge in [0.1, 0.15) is 6.33 Å². The molecule has 0 saturated carbocycles. The number of thioether (sulfide) groups is 1. The van der Waals surface area contributed by atoms with E-state index in [2.05, 4.69) is 42.2 Å². The number of benzene rings is 2. The molecule has 0 aliphatic heterocycles. The van der Waals surface area contributed by atoms with Crippen molar-refractivity contribution in [1.29, 1.82) is 0 Å². The number of hydrogen-bond acceptors (Lipinski definition) is 3. The van der Waals surface area contributed by atoms with E-state index in [4.69, 9.17) is 11.6 Å². The molecular weight excluding hydrogens is 314 g/mol. The Bertz CT molecular complexity index is 798. The zero-order valence-corrected chi connectivity index (χ0v) is 14.0. The van der Waals surface area contributed by atoms with Crippen LogP contribution in [0.1, 0.15) is 16.7 Å². The lowest BCUT2D eigenvalue weighted by atomic mass is 10.1. The maximum atomic E-state index is 6.21. The van der Waals surface area contributed by atoms with Crippen LogP contribution in [-0.2, 0) is 5.75 Å². The fourth-order valence-electron chi connectivity index (χ4n) is 2.32. The minimum absolute atomic E-state index is 0.767. The van der Waals surface area contributed by atoms with Crippen molar-refractivity contribution in [1.82, 2.24) is 14.8 Å². The van der Waals surface area contributed by atoms with Gasteiger partial charge in [-0.1, -0.05) is 59.3 Å². The highest BCUT2D eigenvalue weighted by molar-refractivity contribution is 7.98. The number of rotatable bonds is 4. The molecule has 5 heteroatoms. The van der Waals surface area contributed by atoms with Crippen LogP contribution < -0.4 is 0 Å². The summed E-state index contributed by atoms with van der Waals surface area (Å²) in [6.07, 6.45) is 1.76. The molecule has 0 spiro atoms. The minimum atomic E-state index is 0.767. The molecule has 0 amide bonds. The number of hydrogen-bond donors (Lipinski definition) is 0. The van der Waals surface area contributed by atoms with E-state index in [9.17, 15) is 0 Å². The first-order valence-corrected chi connectivity index (χ1v) is 8.35. The van der Waals surface area contributed by atoms with Crippen molar-refractivity contribution in [3.63, 3.8) is 0 Å². The average molecular weight is 330 g/mol. The first-order valence-electron chi connectivity index (χ1n) is 6.99. The summed E-state index contributed by atoms with van der Waals surface area (Å²) in [5.74, 6) is 0.767. The molecule has 3 aromatic rings. The molecule has 0 fully saturated rings. The smallest absolute Gasteiger partial charge is 0.195 e. The normalized spacial score (nSPS) is 10.9. The Balaban J connectivity index is 1.85. The standard InChI is InChI=1S/C17H16ClN3S/c1-12-7-8-16(13(2)9-12)21-11-19-20-17(21)22-10-14-5-3-4-6-15(14)18/h3-9,11H,10H2,1-2H3. The van der Waals surface area contributed by atoms with Crippen molar-refractivity contribution in [3.05, 3.63) is 70.5 Å². The van der Waals surface area contributed by atoms with Crippen molar-refractivity contribution in [2.75, 3.05) is 0 Å². The number of aryl methyl sites for hydroxylation is 2. The molecule has 1 heterocycles. The second-order valence-electron chi connectivity index (χ2n) is 5.15. The quantitative estimate of drug-likeness (QED) is 0.642. The fourth-order valence-corrected chi connectivity index (χ4v) is 3.53. The first kappa shape index (κ1) is 15.1. The largest absolute Gasteiger partial charge is 0.276 e. The van der Waals surface area contributed by atoms with Crippen molar-refractivity contribution in [2.24, 2.45) is 0 Å². The van der Waals surface area contributed by atoms with Crippen LogP contribution in [0.15, 0.2) is 53.9 Å². The van der Waals surface area contributed by atoms with Crippen molar-refractivity contribution in [3.8, 4) is 5.69 Å². The monoisotopic (exact) mass is 329 g/mol. The maximum absolute atomic E-state index is 6.21. The van der Waals surface area contributed by atoms with Gasteiger partial charge in [0.2, 0.25) is 0 Å². The molecule has 3 rings (SSSR count). The van der Waals surface area contributed by atoms with Gasteiger partial charge in [0.05, 0.1) is 5.69 Å². The topological polar surface area (TPSA) is 30.7 Å². The highest BCUT2D eigenvalue weighted by atomic mass is 35.5. The highest BCUT2D eigenvalue weighted by Gasteiger charge is 2.10. The third-order valence-electron chi connectivity index (χ3n) is 3.44. The SMILES string of the molecule is Cc1ccc(-n2cnnc2SCc2ccccc2Cl)c(C)c1. The van der Waals surface area contributed by atoms with Crippen LogP contribution in [0.5, 0.6) is 0 Å². The van der Waals surface area contributed by atoms with E-state index in [1.54, 1.807) is 18.1 Å². The molecule has 2 aromatic carbocycles. The third-order valence-corrected chi connectivity index (χ3v) is 4.80. The molecule has 1 aromatic heterocycles. The van der Waals surface area contributed by atoms with Crippen molar-refractivity contribution < 1.29 is 0 Å². The van der Waals surface area contributed by atoms with E-state index >= 15 is 0 Å². The lowest BCUT2D eigenvalue weighted by Gasteiger charge is -2.10.